The Morgan fingerprint density at radius 2 is 1.88 bits per heavy atom. The van der Waals surface area contributed by atoms with Gasteiger partial charge in [0.05, 0.1) is 17.1 Å². The van der Waals surface area contributed by atoms with Gasteiger partial charge in [-0.15, -0.1) is 0 Å². The minimum Gasteiger partial charge on any atom is -0.478 e. The molecule has 1 N–H and O–H groups in total. The Bertz CT molecular complexity index is 579. The normalized spacial score (nSPS) is 10.8. The van der Waals surface area contributed by atoms with E-state index in [0.717, 1.165) is 10.6 Å². The van der Waals surface area contributed by atoms with Crippen LogP contribution in [0.5, 0.6) is 0 Å². The second-order valence-electron chi connectivity index (χ2n) is 3.90. The molecule has 6 heteroatoms. The van der Waals surface area contributed by atoms with Gasteiger partial charge in [-0.1, -0.05) is 11.3 Å². The molecule has 0 aromatic carbocycles. The van der Waals surface area contributed by atoms with Crippen molar-refractivity contribution in [3.05, 3.63) is 27.5 Å². The molecule has 2 heterocycles. The average Bonchev–Trinajstić information content (AvgIpc) is 2.69. The van der Waals surface area contributed by atoms with E-state index < -0.39 is 5.97 Å². The first-order valence-corrected chi connectivity index (χ1v) is 5.97. The molecule has 17 heavy (non-hydrogen) atoms. The zero-order valence-corrected chi connectivity index (χ0v) is 10.9. The fourth-order valence-corrected chi connectivity index (χ4v) is 2.60. The van der Waals surface area contributed by atoms with Crippen molar-refractivity contribution in [1.29, 1.82) is 0 Å². The van der Waals surface area contributed by atoms with Gasteiger partial charge in [-0.05, 0) is 27.7 Å². The van der Waals surface area contributed by atoms with Crippen molar-refractivity contribution in [1.82, 2.24) is 14.8 Å². The first-order valence-electron chi connectivity index (χ1n) is 5.15. The Balaban J connectivity index is 2.61. The quantitative estimate of drug-likeness (QED) is 0.889. The highest BCUT2D eigenvalue weighted by Crippen LogP contribution is 2.23. The summed E-state index contributed by atoms with van der Waals surface area (Å²) in [6, 6.07) is 0. The highest BCUT2D eigenvalue weighted by molar-refractivity contribution is 7.14. The first-order chi connectivity index (χ1) is 7.91. The lowest BCUT2D eigenvalue weighted by Crippen LogP contribution is -2.02. The van der Waals surface area contributed by atoms with Crippen molar-refractivity contribution in [3.8, 4) is 5.13 Å². The average molecular weight is 251 g/mol. The third kappa shape index (κ3) is 1.84. The molecular weight excluding hydrogens is 238 g/mol. The summed E-state index contributed by atoms with van der Waals surface area (Å²) < 4.78 is 1.60. The second-order valence-corrected chi connectivity index (χ2v) is 5.08. The summed E-state index contributed by atoms with van der Waals surface area (Å²) in [5.74, 6) is -0.948. The molecule has 0 aliphatic carbocycles. The molecule has 0 atom stereocenters. The number of carboxylic acids is 1. The van der Waals surface area contributed by atoms with Crippen LogP contribution in [0.4, 0.5) is 0 Å². The number of aromatic carboxylic acids is 1. The van der Waals surface area contributed by atoms with Gasteiger partial charge in [0.25, 0.3) is 0 Å². The Kier molecular flexibility index (Phi) is 2.74. The maximum Gasteiger partial charge on any atom is 0.339 e. The van der Waals surface area contributed by atoms with Gasteiger partial charge < -0.3 is 5.11 Å². The van der Waals surface area contributed by atoms with Crippen LogP contribution in [0.25, 0.3) is 5.13 Å². The number of nitrogens with zero attached hydrogens (tertiary/aromatic N) is 3. The number of hydrogen-bond donors (Lipinski definition) is 1. The summed E-state index contributed by atoms with van der Waals surface area (Å²) >= 11 is 1.51. The van der Waals surface area contributed by atoms with E-state index in [1.807, 2.05) is 13.8 Å². The third-order valence-electron chi connectivity index (χ3n) is 2.70. The van der Waals surface area contributed by atoms with Crippen LogP contribution in [-0.2, 0) is 0 Å². The number of hydrogen-bond acceptors (Lipinski definition) is 4. The molecule has 90 valence electrons. The minimum atomic E-state index is -0.948. The minimum absolute atomic E-state index is 0.260. The van der Waals surface area contributed by atoms with Gasteiger partial charge >= 0.3 is 5.97 Å². The van der Waals surface area contributed by atoms with E-state index in [-0.39, 0.29) is 5.56 Å². The van der Waals surface area contributed by atoms with Crippen molar-refractivity contribution in [2.75, 3.05) is 0 Å². The van der Waals surface area contributed by atoms with E-state index in [1.165, 1.54) is 11.3 Å². The SMILES string of the molecule is Cc1nc(-n2nc(C)c(C(=O)O)c2C)sc1C. The summed E-state index contributed by atoms with van der Waals surface area (Å²) in [6.45, 7) is 7.36. The van der Waals surface area contributed by atoms with Crippen LogP contribution >= 0.6 is 11.3 Å². The zero-order valence-electron chi connectivity index (χ0n) is 10.1. The Labute approximate surface area is 103 Å². The van der Waals surface area contributed by atoms with E-state index in [2.05, 4.69) is 10.1 Å². The smallest absolute Gasteiger partial charge is 0.339 e. The molecule has 0 amide bonds. The molecule has 0 unspecified atom stereocenters. The molecule has 2 aromatic heterocycles. The fraction of sp³-hybridized carbons (Fsp3) is 0.364. The Morgan fingerprint density at radius 3 is 2.29 bits per heavy atom. The fourth-order valence-electron chi connectivity index (χ4n) is 1.68. The molecule has 0 bridgehead atoms. The molecule has 0 fully saturated rings. The lowest BCUT2D eigenvalue weighted by atomic mass is 10.2. The molecule has 0 radical (unpaired) electrons. The topological polar surface area (TPSA) is 68.0 Å². The summed E-state index contributed by atoms with van der Waals surface area (Å²) in [7, 11) is 0. The molecule has 0 saturated carbocycles. The molecule has 0 aliphatic rings. The monoisotopic (exact) mass is 251 g/mol. The number of thiazole rings is 1. The van der Waals surface area contributed by atoms with E-state index in [9.17, 15) is 4.79 Å². The van der Waals surface area contributed by atoms with Crippen molar-refractivity contribution in [2.24, 2.45) is 0 Å². The summed E-state index contributed by atoms with van der Waals surface area (Å²) in [5.41, 5.74) is 2.34. The molecule has 5 nitrogen and oxygen atoms in total. The first kappa shape index (κ1) is 11.8. The Morgan fingerprint density at radius 1 is 1.24 bits per heavy atom. The van der Waals surface area contributed by atoms with E-state index in [0.29, 0.717) is 16.5 Å². The lowest BCUT2D eigenvalue weighted by Gasteiger charge is -1.98. The molecule has 0 saturated heterocycles. The number of rotatable bonds is 2. The van der Waals surface area contributed by atoms with Gasteiger partial charge in [-0.3, -0.25) is 0 Å². The highest BCUT2D eigenvalue weighted by Gasteiger charge is 2.20. The summed E-state index contributed by atoms with van der Waals surface area (Å²) in [6.07, 6.45) is 0. The summed E-state index contributed by atoms with van der Waals surface area (Å²) in [5, 5.41) is 14.1. The highest BCUT2D eigenvalue weighted by atomic mass is 32.1. The van der Waals surface area contributed by atoms with Crippen LogP contribution in [0.3, 0.4) is 0 Å². The molecule has 0 spiro atoms. The predicted molar refractivity (Wildman–Crippen MR) is 65.1 cm³/mol. The standard InChI is InChI=1S/C11H13N3O2S/c1-5-8(4)17-11(12-5)14-7(3)9(10(15)16)6(2)13-14/h1-4H3,(H,15,16). The van der Waals surface area contributed by atoms with E-state index in [1.54, 1.807) is 18.5 Å². The van der Waals surface area contributed by atoms with Gasteiger partial charge in [0, 0.05) is 4.88 Å². The van der Waals surface area contributed by atoms with Crippen molar-refractivity contribution >= 4 is 17.3 Å². The van der Waals surface area contributed by atoms with Gasteiger partial charge in [-0.25, -0.2) is 14.5 Å². The van der Waals surface area contributed by atoms with Crippen LogP contribution in [-0.4, -0.2) is 25.8 Å². The largest absolute Gasteiger partial charge is 0.478 e. The molecule has 0 aliphatic heterocycles. The molecular formula is C11H13N3O2S. The summed E-state index contributed by atoms with van der Waals surface area (Å²) in [4.78, 5) is 16.6. The van der Waals surface area contributed by atoms with Crippen LogP contribution in [0.15, 0.2) is 0 Å². The maximum atomic E-state index is 11.1. The van der Waals surface area contributed by atoms with Crippen molar-refractivity contribution in [3.63, 3.8) is 0 Å². The van der Waals surface area contributed by atoms with Crippen LogP contribution in [0.1, 0.15) is 32.3 Å². The van der Waals surface area contributed by atoms with Crippen LogP contribution < -0.4 is 0 Å². The van der Waals surface area contributed by atoms with Gasteiger partial charge in [-0.2, -0.15) is 5.10 Å². The second kappa shape index (κ2) is 3.96. The van der Waals surface area contributed by atoms with Crippen LogP contribution in [0, 0.1) is 27.7 Å². The lowest BCUT2D eigenvalue weighted by molar-refractivity contribution is 0.0695. The maximum absolute atomic E-state index is 11.1. The van der Waals surface area contributed by atoms with Crippen molar-refractivity contribution in [2.45, 2.75) is 27.7 Å². The Hall–Kier alpha value is -1.69. The predicted octanol–water partition coefficient (Wildman–Crippen LogP) is 2.26. The van der Waals surface area contributed by atoms with Gasteiger partial charge in [0.15, 0.2) is 0 Å². The van der Waals surface area contributed by atoms with E-state index >= 15 is 0 Å². The number of carbonyl (C=O) groups is 1. The molecule has 2 aromatic rings. The number of carboxylic acid groups (broad SMARTS) is 1. The number of aryl methyl sites for hydroxylation is 3. The molecule has 2 rings (SSSR count). The van der Waals surface area contributed by atoms with Gasteiger partial charge in [0.1, 0.15) is 5.56 Å². The zero-order chi connectivity index (χ0) is 12.7. The van der Waals surface area contributed by atoms with Crippen molar-refractivity contribution < 1.29 is 9.90 Å². The number of aromatic nitrogens is 3. The third-order valence-corrected chi connectivity index (χ3v) is 3.75. The van der Waals surface area contributed by atoms with E-state index in [4.69, 9.17) is 5.11 Å². The van der Waals surface area contributed by atoms with Crippen LogP contribution in [0.2, 0.25) is 0 Å². The van der Waals surface area contributed by atoms with Gasteiger partial charge in [0.2, 0.25) is 5.13 Å².